The average Bonchev–Trinajstić information content (AvgIpc) is 2.86. The maximum absolute atomic E-state index is 12.9. The van der Waals surface area contributed by atoms with Crippen molar-refractivity contribution in [2.45, 2.75) is 19.9 Å². The average molecular weight is 278 g/mol. The zero-order chi connectivity index (χ0) is 14.7. The molecule has 2 aromatic rings. The van der Waals surface area contributed by atoms with Gasteiger partial charge in [-0.2, -0.15) is 0 Å². The molecule has 0 saturated carbocycles. The monoisotopic (exact) mass is 278 g/mol. The van der Waals surface area contributed by atoms with Gasteiger partial charge in [0.1, 0.15) is 5.82 Å². The van der Waals surface area contributed by atoms with E-state index >= 15 is 0 Å². The number of hydrogen-bond acceptors (Lipinski definition) is 5. The first-order chi connectivity index (χ1) is 9.54. The summed E-state index contributed by atoms with van der Waals surface area (Å²) in [7, 11) is 0. The van der Waals surface area contributed by atoms with Gasteiger partial charge in [0.2, 0.25) is 11.5 Å². The fraction of sp³-hybridized carbons (Fsp3) is 0.308. The van der Waals surface area contributed by atoms with E-state index in [0.29, 0.717) is 6.54 Å². The number of benzene rings is 1. The van der Waals surface area contributed by atoms with Gasteiger partial charge in [-0.25, -0.2) is 9.02 Å². The minimum atomic E-state index is -0.372. The number of nitrogens with zero attached hydrogens (tertiary/aromatic N) is 3. The molecule has 1 aromatic heterocycles. The van der Waals surface area contributed by atoms with E-state index in [4.69, 9.17) is 5.73 Å². The van der Waals surface area contributed by atoms with E-state index in [1.54, 1.807) is 17.0 Å². The summed E-state index contributed by atoms with van der Waals surface area (Å²) >= 11 is 0. The molecule has 0 aliphatic rings. The quantitative estimate of drug-likeness (QED) is 0.924. The van der Waals surface area contributed by atoms with Gasteiger partial charge in [0.05, 0.1) is 6.04 Å². The molecule has 6 nitrogen and oxygen atoms in total. The first-order valence-corrected chi connectivity index (χ1v) is 6.19. The number of nitrogens with two attached hydrogens (primary N) is 1. The molecule has 0 fully saturated rings. The van der Waals surface area contributed by atoms with Crippen LogP contribution in [0.3, 0.4) is 0 Å². The molecule has 0 saturated heterocycles. The molecular weight excluding hydrogens is 263 g/mol. The summed E-state index contributed by atoms with van der Waals surface area (Å²) in [5.41, 5.74) is 6.33. The van der Waals surface area contributed by atoms with Crippen LogP contribution in [0.4, 0.5) is 10.2 Å². The molecule has 2 rings (SSSR count). The number of carbonyl (C=O) groups excluding carboxylic acids is 1. The molecule has 1 heterocycles. The minimum Gasteiger partial charge on any atom is -0.379 e. The zero-order valence-corrected chi connectivity index (χ0v) is 11.2. The van der Waals surface area contributed by atoms with Crippen LogP contribution in [-0.4, -0.2) is 27.7 Å². The Morgan fingerprint density at radius 1 is 1.40 bits per heavy atom. The smallest absolute Gasteiger partial charge is 0.280 e. The molecular formula is C13H15FN4O2. The lowest BCUT2D eigenvalue weighted by Gasteiger charge is -2.27. The molecule has 106 valence electrons. The Morgan fingerprint density at radius 3 is 2.55 bits per heavy atom. The number of carbonyl (C=O) groups is 1. The third-order valence-corrected chi connectivity index (χ3v) is 3.14. The summed E-state index contributed by atoms with van der Waals surface area (Å²) in [6.45, 7) is 4.13. The van der Waals surface area contributed by atoms with Crippen LogP contribution in [0.1, 0.15) is 35.9 Å². The normalized spacial score (nSPS) is 12.2. The van der Waals surface area contributed by atoms with Crippen LogP contribution in [0.25, 0.3) is 0 Å². The first-order valence-electron chi connectivity index (χ1n) is 6.19. The molecule has 1 amide bonds. The van der Waals surface area contributed by atoms with Crippen molar-refractivity contribution >= 4 is 11.7 Å². The van der Waals surface area contributed by atoms with Crippen LogP contribution in [0.15, 0.2) is 28.9 Å². The van der Waals surface area contributed by atoms with E-state index in [0.717, 1.165) is 5.56 Å². The maximum atomic E-state index is 12.9. The molecule has 1 aromatic carbocycles. The Hall–Kier alpha value is -2.44. The Labute approximate surface area is 115 Å². The molecule has 20 heavy (non-hydrogen) atoms. The number of anilines is 1. The number of halogens is 1. The molecule has 0 radical (unpaired) electrons. The number of nitrogen functional groups attached to an aromatic ring is 1. The van der Waals surface area contributed by atoms with E-state index < -0.39 is 0 Å². The molecule has 1 unspecified atom stereocenters. The van der Waals surface area contributed by atoms with Crippen molar-refractivity contribution in [3.8, 4) is 0 Å². The van der Waals surface area contributed by atoms with Gasteiger partial charge in [0.15, 0.2) is 0 Å². The fourth-order valence-electron chi connectivity index (χ4n) is 1.99. The van der Waals surface area contributed by atoms with Gasteiger partial charge >= 0.3 is 0 Å². The van der Waals surface area contributed by atoms with Gasteiger partial charge in [-0.1, -0.05) is 12.1 Å². The van der Waals surface area contributed by atoms with Crippen molar-refractivity contribution < 1.29 is 13.8 Å². The highest BCUT2D eigenvalue weighted by Gasteiger charge is 2.26. The second-order valence-electron chi connectivity index (χ2n) is 4.32. The SMILES string of the molecule is CCN(C(=O)c1nonc1N)C(C)c1ccc(F)cc1. The molecule has 0 aliphatic heterocycles. The van der Waals surface area contributed by atoms with E-state index in [-0.39, 0.29) is 29.3 Å². The molecule has 7 heteroatoms. The third kappa shape index (κ3) is 2.61. The van der Waals surface area contributed by atoms with Gasteiger partial charge in [-0.15, -0.1) is 0 Å². The zero-order valence-electron chi connectivity index (χ0n) is 11.2. The summed E-state index contributed by atoms with van der Waals surface area (Å²) in [6.07, 6.45) is 0. The standard InChI is InChI=1S/C13H15FN4O2/c1-3-18(13(19)11-12(15)17-20-16-11)8(2)9-4-6-10(14)7-5-9/h4-8H,3H2,1-2H3,(H2,15,17). The van der Waals surface area contributed by atoms with Crippen molar-refractivity contribution in [2.24, 2.45) is 0 Å². The molecule has 0 spiro atoms. The van der Waals surface area contributed by atoms with Crippen molar-refractivity contribution in [1.82, 2.24) is 15.2 Å². The van der Waals surface area contributed by atoms with E-state index in [1.807, 2.05) is 13.8 Å². The summed E-state index contributed by atoms with van der Waals surface area (Å²) in [5.74, 6) is -0.733. The number of hydrogen-bond donors (Lipinski definition) is 1. The van der Waals surface area contributed by atoms with Gasteiger partial charge in [0, 0.05) is 6.54 Å². The highest BCUT2D eigenvalue weighted by Crippen LogP contribution is 2.23. The van der Waals surface area contributed by atoms with Crippen molar-refractivity contribution in [3.05, 3.63) is 41.3 Å². The van der Waals surface area contributed by atoms with Crippen molar-refractivity contribution in [3.63, 3.8) is 0 Å². The number of amides is 1. The summed E-state index contributed by atoms with van der Waals surface area (Å²) in [5, 5.41) is 6.91. The molecule has 1 atom stereocenters. The van der Waals surface area contributed by atoms with Crippen LogP contribution in [0.5, 0.6) is 0 Å². The van der Waals surface area contributed by atoms with Crippen LogP contribution in [0.2, 0.25) is 0 Å². The van der Waals surface area contributed by atoms with Crippen molar-refractivity contribution in [2.75, 3.05) is 12.3 Å². The number of rotatable bonds is 4. The van der Waals surface area contributed by atoms with E-state index in [9.17, 15) is 9.18 Å². The van der Waals surface area contributed by atoms with Crippen molar-refractivity contribution in [1.29, 1.82) is 0 Å². The largest absolute Gasteiger partial charge is 0.379 e. The highest BCUT2D eigenvalue weighted by molar-refractivity contribution is 5.96. The first kappa shape index (κ1) is 14.0. The Morgan fingerprint density at radius 2 is 2.05 bits per heavy atom. The van der Waals surface area contributed by atoms with Crippen LogP contribution in [0, 0.1) is 5.82 Å². The van der Waals surface area contributed by atoms with Crippen LogP contribution in [-0.2, 0) is 0 Å². The Bertz CT molecular complexity index is 597. The molecule has 0 aliphatic carbocycles. The van der Waals surface area contributed by atoms with Gasteiger partial charge in [0.25, 0.3) is 5.91 Å². The minimum absolute atomic E-state index is 0.0131. The number of aromatic nitrogens is 2. The predicted molar refractivity (Wildman–Crippen MR) is 70.2 cm³/mol. The summed E-state index contributed by atoms with van der Waals surface area (Å²) < 4.78 is 17.4. The van der Waals surface area contributed by atoms with Gasteiger partial charge in [-0.05, 0) is 41.9 Å². The second-order valence-corrected chi connectivity index (χ2v) is 4.32. The third-order valence-electron chi connectivity index (χ3n) is 3.14. The van der Waals surface area contributed by atoms with Crippen LogP contribution < -0.4 is 5.73 Å². The Balaban J connectivity index is 2.25. The lowest BCUT2D eigenvalue weighted by atomic mass is 10.1. The summed E-state index contributed by atoms with van der Waals surface area (Å²) in [4.78, 5) is 13.9. The predicted octanol–water partition coefficient (Wildman–Crippen LogP) is 2.01. The fourth-order valence-corrected chi connectivity index (χ4v) is 1.99. The topological polar surface area (TPSA) is 85.2 Å². The molecule has 0 bridgehead atoms. The van der Waals surface area contributed by atoms with E-state index in [2.05, 4.69) is 14.9 Å². The molecule has 2 N–H and O–H groups in total. The van der Waals surface area contributed by atoms with Gasteiger partial charge < -0.3 is 10.6 Å². The lowest BCUT2D eigenvalue weighted by Crippen LogP contribution is -2.34. The highest BCUT2D eigenvalue weighted by atomic mass is 19.1. The second kappa shape index (κ2) is 5.68. The Kier molecular flexibility index (Phi) is 3.97. The lowest BCUT2D eigenvalue weighted by molar-refractivity contribution is 0.0691. The maximum Gasteiger partial charge on any atom is 0.280 e. The van der Waals surface area contributed by atoms with Crippen LogP contribution >= 0.6 is 0 Å². The van der Waals surface area contributed by atoms with E-state index in [1.165, 1.54) is 12.1 Å². The summed E-state index contributed by atoms with van der Waals surface area (Å²) in [6, 6.07) is 5.75. The van der Waals surface area contributed by atoms with Gasteiger partial charge in [-0.3, -0.25) is 4.79 Å².